The summed E-state index contributed by atoms with van der Waals surface area (Å²) >= 11 is 5.46. The van der Waals surface area contributed by atoms with Crippen LogP contribution in [0.3, 0.4) is 0 Å². The van der Waals surface area contributed by atoms with E-state index < -0.39 is 0 Å². The minimum Gasteiger partial charge on any atom is -0.495 e. The van der Waals surface area contributed by atoms with Crippen LogP contribution in [0.4, 0.5) is 5.69 Å². The number of anilines is 1. The number of likely N-dealkylation sites (tertiary alicyclic amines) is 1. The molecule has 0 atom stereocenters. The molecule has 122 valence electrons. The largest absolute Gasteiger partial charge is 0.495 e. The third-order valence-electron chi connectivity index (χ3n) is 4.20. The molecule has 0 unspecified atom stereocenters. The van der Waals surface area contributed by atoms with E-state index in [1.165, 1.54) is 5.56 Å². The normalized spacial score (nSPS) is 16.6. The summed E-state index contributed by atoms with van der Waals surface area (Å²) in [6, 6.07) is 7.12. The SMILES string of the molecule is COc1ccc(C)cc1NC(=S)NC1CCN(C(C)C)CC1. The van der Waals surface area contributed by atoms with Gasteiger partial charge in [-0.2, -0.15) is 0 Å². The second kappa shape index (κ2) is 7.79. The zero-order chi connectivity index (χ0) is 16.1. The molecule has 22 heavy (non-hydrogen) atoms. The van der Waals surface area contributed by atoms with Crippen LogP contribution >= 0.6 is 12.2 Å². The van der Waals surface area contributed by atoms with E-state index in [1.807, 2.05) is 18.2 Å². The Hall–Kier alpha value is -1.33. The second-order valence-corrected chi connectivity index (χ2v) is 6.61. The molecule has 0 saturated carbocycles. The van der Waals surface area contributed by atoms with E-state index in [-0.39, 0.29) is 0 Å². The molecule has 2 rings (SSSR count). The maximum Gasteiger partial charge on any atom is 0.171 e. The average molecular weight is 321 g/mol. The molecule has 0 amide bonds. The minimum atomic E-state index is 0.450. The van der Waals surface area contributed by atoms with Crippen LogP contribution in [0.1, 0.15) is 32.3 Å². The van der Waals surface area contributed by atoms with Gasteiger partial charge in [-0.05, 0) is 63.5 Å². The highest BCUT2D eigenvalue weighted by Crippen LogP contribution is 2.25. The highest BCUT2D eigenvalue weighted by atomic mass is 32.1. The van der Waals surface area contributed by atoms with E-state index in [1.54, 1.807) is 7.11 Å². The zero-order valence-electron chi connectivity index (χ0n) is 14.0. The van der Waals surface area contributed by atoms with Crippen molar-refractivity contribution >= 4 is 23.0 Å². The number of hydrogen-bond acceptors (Lipinski definition) is 3. The van der Waals surface area contributed by atoms with Gasteiger partial charge >= 0.3 is 0 Å². The summed E-state index contributed by atoms with van der Waals surface area (Å²) in [5.74, 6) is 0.810. The first-order valence-corrected chi connectivity index (χ1v) is 8.36. The van der Waals surface area contributed by atoms with E-state index in [9.17, 15) is 0 Å². The maximum atomic E-state index is 5.46. The number of thiocarbonyl (C=S) groups is 1. The number of piperidine rings is 1. The first kappa shape index (κ1) is 17.0. The van der Waals surface area contributed by atoms with Gasteiger partial charge in [0.25, 0.3) is 0 Å². The van der Waals surface area contributed by atoms with Crippen molar-refractivity contribution in [3.05, 3.63) is 23.8 Å². The summed E-state index contributed by atoms with van der Waals surface area (Å²) in [6.07, 6.45) is 2.26. The Morgan fingerprint density at radius 1 is 1.32 bits per heavy atom. The van der Waals surface area contributed by atoms with Gasteiger partial charge in [0.15, 0.2) is 5.11 Å². The highest BCUT2D eigenvalue weighted by molar-refractivity contribution is 7.80. The summed E-state index contributed by atoms with van der Waals surface area (Å²) in [5, 5.41) is 7.37. The molecule has 0 aliphatic carbocycles. The fourth-order valence-corrected chi connectivity index (χ4v) is 3.10. The molecular weight excluding hydrogens is 294 g/mol. The molecular formula is C17H27N3OS. The van der Waals surface area contributed by atoms with Crippen LogP contribution in [0.25, 0.3) is 0 Å². The van der Waals surface area contributed by atoms with Crippen molar-refractivity contribution in [2.45, 2.75) is 45.7 Å². The van der Waals surface area contributed by atoms with Crippen molar-refractivity contribution in [2.24, 2.45) is 0 Å². The Bertz CT molecular complexity index is 511. The quantitative estimate of drug-likeness (QED) is 0.833. The summed E-state index contributed by atoms with van der Waals surface area (Å²) in [4.78, 5) is 2.51. The fourth-order valence-electron chi connectivity index (χ4n) is 2.82. The third kappa shape index (κ3) is 4.58. The van der Waals surface area contributed by atoms with E-state index in [0.717, 1.165) is 37.4 Å². The number of nitrogens with one attached hydrogen (secondary N) is 2. The molecule has 1 heterocycles. The Labute approximate surface area is 139 Å². The standard InChI is InChI=1S/C17H27N3OS/c1-12(2)20-9-7-14(8-10-20)18-17(22)19-15-11-13(3)5-6-16(15)21-4/h5-6,11-12,14H,7-10H2,1-4H3,(H2,18,19,22). The number of methoxy groups -OCH3 is 1. The molecule has 1 aromatic rings. The first-order chi connectivity index (χ1) is 10.5. The Morgan fingerprint density at radius 2 is 2.00 bits per heavy atom. The van der Waals surface area contributed by atoms with Crippen LogP contribution in [0.2, 0.25) is 0 Å². The minimum absolute atomic E-state index is 0.450. The molecule has 4 nitrogen and oxygen atoms in total. The Balaban J connectivity index is 1.87. The van der Waals surface area contributed by atoms with Crippen molar-refractivity contribution in [1.29, 1.82) is 0 Å². The molecule has 1 aromatic carbocycles. The summed E-state index contributed by atoms with van der Waals surface area (Å²) < 4.78 is 5.38. The number of aryl methyl sites for hydroxylation is 1. The number of rotatable bonds is 4. The van der Waals surface area contributed by atoms with Gasteiger partial charge in [-0.15, -0.1) is 0 Å². The maximum absolute atomic E-state index is 5.46. The topological polar surface area (TPSA) is 36.5 Å². The molecule has 1 aliphatic rings. The fraction of sp³-hybridized carbons (Fsp3) is 0.588. The lowest BCUT2D eigenvalue weighted by atomic mass is 10.0. The van der Waals surface area contributed by atoms with Gasteiger partial charge in [-0.3, -0.25) is 0 Å². The molecule has 1 fully saturated rings. The lowest BCUT2D eigenvalue weighted by Crippen LogP contribution is -2.47. The van der Waals surface area contributed by atoms with Crippen molar-refractivity contribution in [3.63, 3.8) is 0 Å². The summed E-state index contributed by atoms with van der Waals surface area (Å²) in [6.45, 7) is 8.83. The first-order valence-electron chi connectivity index (χ1n) is 7.96. The van der Waals surface area contributed by atoms with E-state index in [2.05, 4.69) is 36.3 Å². The van der Waals surface area contributed by atoms with Crippen molar-refractivity contribution in [3.8, 4) is 5.75 Å². The van der Waals surface area contributed by atoms with E-state index in [4.69, 9.17) is 17.0 Å². The molecule has 1 aliphatic heterocycles. The molecule has 0 aromatic heterocycles. The lowest BCUT2D eigenvalue weighted by Gasteiger charge is -2.35. The van der Waals surface area contributed by atoms with E-state index >= 15 is 0 Å². The van der Waals surface area contributed by atoms with Crippen molar-refractivity contribution in [1.82, 2.24) is 10.2 Å². The summed E-state index contributed by atoms with van der Waals surface area (Å²) in [5.41, 5.74) is 2.09. The predicted octanol–water partition coefficient (Wildman–Crippen LogP) is 3.16. The van der Waals surface area contributed by atoms with Gasteiger partial charge in [-0.1, -0.05) is 6.07 Å². The molecule has 5 heteroatoms. The number of ether oxygens (including phenoxy) is 1. The zero-order valence-corrected chi connectivity index (χ0v) is 14.8. The van der Waals surface area contributed by atoms with Gasteiger partial charge in [0.05, 0.1) is 12.8 Å². The average Bonchev–Trinajstić information content (AvgIpc) is 2.48. The van der Waals surface area contributed by atoms with Crippen molar-refractivity contribution < 1.29 is 4.74 Å². The monoisotopic (exact) mass is 321 g/mol. The molecule has 2 N–H and O–H groups in total. The van der Waals surface area contributed by atoms with Gasteiger partial charge in [0.2, 0.25) is 0 Å². The van der Waals surface area contributed by atoms with Crippen LogP contribution < -0.4 is 15.4 Å². The van der Waals surface area contributed by atoms with E-state index in [0.29, 0.717) is 17.2 Å². The number of benzene rings is 1. The van der Waals surface area contributed by atoms with Gasteiger partial charge < -0.3 is 20.3 Å². The highest BCUT2D eigenvalue weighted by Gasteiger charge is 2.21. The van der Waals surface area contributed by atoms with Gasteiger partial charge in [0, 0.05) is 25.2 Å². The number of nitrogens with zero attached hydrogens (tertiary/aromatic N) is 1. The van der Waals surface area contributed by atoms with Crippen LogP contribution in [-0.2, 0) is 0 Å². The van der Waals surface area contributed by atoms with Crippen molar-refractivity contribution in [2.75, 3.05) is 25.5 Å². The molecule has 1 saturated heterocycles. The van der Waals surface area contributed by atoms with Crippen LogP contribution in [0, 0.1) is 6.92 Å². The molecule has 0 bridgehead atoms. The van der Waals surface area contributed by atoms with Gasteiger partial charge in [0.1, 0.15) is 5.75 Å². The van der Waals surface area contributed by atoms with Crippen LogP contribution in [-0.4, -0.2) is 42.3 Å². The third-order valence-corrected chi connectivity index (χ3v) is 4.42. The second-order valence-electron chi connectivity index (χ2n) is 6.21. The summed E-state index contributed by atoms with van der Waals surface area (Å²) in [7, 11) is 1.67. The molecule has 0 radical (unpaired) electrons. The molecule has 0 spiro atoms. The van der Waals surface area contributed by atoms with Crippen LogP contribution in [0.15, 0.2) is 18.2 Å². The smallest absolute Gasteiger partial charge is 0.171 e. The number of hydrogen-bond donors (Lipinski definition) is 2. The Morgan fingerprint density at radius 3 is 2.59 bits per heavy atom. The van der Waals surface area contributed by atoms with Crippen LogP contribution in [0.5, 0.6) is 5.75 Å². The lowest BCUT2D eigenvalue weighted by molar-refractivity contribution is 0.168. The Kier molecular flexibility index (Phi) is 6.03. The predicted molar refractivity (Wildman–Crippen MR) is 96.8 cm³/mol. The van der Waals surface area contributed by atoms with Gasteiger partial charge in [-0.25, -0.2) is 0 Å².